The molecule has 2 aromatic rings. The Hall–Kier alpha value is -1.16. The molecule has 0 saturated heterocycles. The van der Waals surface area contributed by atoms with Crippen LogP contribution in [0.15, 0.2) is 40.9 Å². The highest BCUT2D eigenvalue weighted by Gasteiger charge is 2.22. The minimum absolute atomic E-state index is 0.435. The number of alkyl halides is 2. The quantitative estimate of drug-likeness (QED) is 0.802. The molecule has 0 aliphatic carbocycles. The fourth-order valence-corrected chi connectivity index (χ4v) is 2.14. The van der Waals surface area contributed by atoms with Crippen LogP contribution in [-0.2, 0) is 0 Å². The third-order valence-corrected chi connectivity index (χ3v) is 3.13. The summed E-state index contributed by atoms with van der Waals surface area (Å²) in [5, 5.41) is 1.99. The summed E-state index contributed by atoms with van der Waals surface area (Å²) in [5.74, 6) is -2.39. The Bertz CT molecular complexity index is 534. The molecule has 0 radical (unpaired) electrons. The second kappa shape index (κ2) is 4.61. The van der Waals surface area contributed by atoms with Crippen molar-refractivity contribution in [1.82, 2.24) is 0 Å². The molecule has 0 unspecified atom stereocenters. The number of hydrogen-bond acceptors (Lipinski definition) is 1. The fraction of sp³-hybridized carbons (Fsp3) is 0.231. The molecule has 0 aromatic heterocycles. The van der Waals surface area contributed by atoms with Gasteiger partial charge in [-0.2, -0.15) is 0 Å². The molecule has 4 heteroatoms. The normalized spacial score (nSPS) is 11.8. The minimum atomic E-state index is -2.83. The van der Waals surface area contributed by atoms with Gasteiger partial charge in [0.05, 0.1) is 4.47 Å². The standard InChI is InChI=1S/C13H11BrF2O/c1-13(15,16)8-17-11-7-6-9-4-2-3-5-10(9)12(11)14/h2-7H,8H2,1H3. The predicted octanol–water partition coefficient (Wildman–Crippen LogP) is 4.64. The lowest BCUT2D eigenvalue weighted by Gasteiger charge is -2.14. The number of rotatable bonds is 3. The molecule has 0 bridgehead atoms. The topological polar surface area (TPSA) is 9.23 Å². The number of benzene rings is 2. The van der Waals surface area contributed by atoms with E-state index in [2.05, 4.69) is 15.9 Å². The molecule has 0 aliphatic heterocycles. The van der Waals surface area contributed by atoms with E-state index < -0.39 is 12.5 Å². The van der Waals surface area contributed by atoms with E-state index in [0.717, 1.165) is 17.7 Å². The van der Waals surface area contributed by atoms with Crippen molar-refractivity contribution in [1.29, 1.82) is 0 Å². The van der Waals surface area contributed by atoms with Crippen LogP contribution in [0, 0.1) is 0 Å². The number of halogens is 3. The molecule has 17 heavy (non-hydrogen) atoms. The van der Waals surface area contributed by atoms with Crippen LogP contribution >= 0.6 is 15.9 Å². The molecule has 2 aromatic carbocycles. The van der Waals surface area contributed by atoms with Crippen molar-refractivity contribution in [3.63, 3.8) is 0 Å². The zero-order valence-electron chi connectivity index (χ0n) is 9.21. The van der Waals surface area contributed by atoms with E-state index >= 15 is 0 Å². The van der Waals surface area contributed by atoms with Crippen molar-refractivity contribution in [3.8, 4) is 5.75 Å². The molecule has 90 valence electrons. The van der Waals surface area contributed by atoms with Crippen molar-refractivity contribution in [2.45, 2.75) is 12.8 Å². The average Bonchev–Trinajstić information content (AvgIpc) is 2.27. The van der Waals surface area contributed by atoms with Crippen molar-refractivity contribution < 1.29 is 13.5 Å². The van der Waals surface area contributed by atoms with Crippen LogP contribution in [0.5, 0.6) is 5.75 Å². The summed E-state index contributed by atoms with van der Waals surface area (Å²) in [7, 11) is 0. The molecule has 0 fully saturated rings. The van der Waals surface area contributed by atoms with Crippen molar-refractivity contribution in [2.24, 2.45) is 0 Å². The monoisotopic (exact) mass is 300 g/mol. The molecule has 0 heterocycles. The predicted molar refractivity (Wildman–Crippen MR) is 67.8 cm³/mol. The third-order valence-electron chi connectivity index (χ3n) is 2.31. The minimum Gasteiger partial charge on any atom is -0.486 e. The largest absolute Gasteiger partial charge is 0.486 e. The lowest BCUT2D eigenvalue weighted by molar-refractivity contribution is -0.0231. The third kappa shape index (κ3) is 2.94. The van der Waals surface area contributed by atoms with Crippen LogP contribution in [0.25, 0.3) is 10.8 Å². The van der Waals surface area contributed by atoms with Gasteiger partial charge >= 0.3 is 0 Å². The first-order valence-electron chi connectivity index (χ1n) is 5.15. The zero-order chi connectivity index (χ0) is 12.5. The van der Waals surface area contributed by atoms with E-state index in [-0.39, 0.29) is 0 Å². The highest BCUT2D eigenvalue weighted by atomic mass is 79.9. The lowest BCUT2D eigenvalue weighted by atomic mass is 10.1. The Morgan fingerprint density at radius 3 is 2.59 bits per heavy atom. The van der Waals surface area contributed by atoms with Crippen LogP contribution in [0.2, 0.25) is 0 Å². The van der Waals surface area contributed by atoms with Gasteiger partial charge in [0.15, 0.2) is 6.61 Å². The summed E-state index contributed by atoms with van der Waals surface area (Å²) in [6.07, 6.45) is 0. The molecular formula is C13H11BrF2O. The average molecular weight is 301 g/mol. The van der Waals surface area contributed by atoms with Gasteiger partial charge in [-0.3, -0.25) is 0 Å². The molecule has 2 rings (SSSR count). The molecule has 0 N–H and O–H groups in total. The summed E-state index contributed by atoms with van der Waals surface area (Å²) in [5.41, 5.74) is 0. The Morgan fingerprint density at radius 1 is 1.18 bits per heavy atom. The van der Waals surface area contributed by atoms with E-state index in [1.807, 2.05) is 30.3 Å². The van der Waals surface area contributed by atoms with Crippen molar-refractivity contribution in [2.75, 3.05) is 6.61 Å². The van der Waals surface area contributed by atoms with Gasteiger partial charge in [-0.15, -0.1) is 0 Å². The maximum atomic E-state index is 12.7. The van der Waals surface area contributed by atoms with E-state index in [1.165, 1.54) is 0 Å². The first-order chi connectivity index (χ1) is 7.97. The second-order valence-corrected chi connectivity index (χ2v) is 4.75. The summed E-state index contributed by atoms with van der Waals surface area (Å²) < 4.78 is 31.2. The van der Waals surface area contributed by atoms with Crippen LogP contribution in [0.1, 0.15) is 6.92 Å². The SMILES string of the molecule is CC(F)(F)COc1ccc2ccccc2c1Br. The molecule has 1 nitrogen and oxygen atoms in total. The van der Waals surface area contributed by atoms with Gasteiger partial charge in [0.2, 0.25) is 0 Å². The number of hydrogen-bond donors (Lipinski definition) is 0. The smallest absolute Gasteiger partial charge is 0.278 e. The summed E-state index contributed by atoms with van der Waals surface area (Å²) >= 11 is 3.38. The molecule has 0 amide bonds. The van der Waals surface area contributed by atoms with Gasteiger partial charge in [-0.1, -0.05) is 30.3 Å². The Labute approximate surface area is 107 Å². The Morgan fingerprint density at radius 2 is 1.88 bits per heavy atom. The maximum absolute atomic E-state index is 12.7. The number of fused-ring (bicyclic) bond motifs is 1. The molecule has 0 saturated carbocycles. The van der Waals surface area contributed by atoms with E-state index in [9.17, 15) is 8.78 Å². The molecule has 0 spiro atoms. The van der Waals surface area contributed by atoms with Crippen LogP contribution in [0.4, 0.5) is 8.78 Å². The van der Waals surface area contributed by atoms with E-state index in [1.54, 1.807) is 6.07 Å². The molecular weight excluding hydrogens is 290 g/mol. The fourth-order valence-electron chi connectivity index (χ4n) is 1.53. The van der Waals surface area contributed by atoms with Crippen molar-refractivity contribution >= 4 is 26.7 Å². The van der Waals surface area contributed by atoms with Gasteiger partial charge < -0.3 is 4.74 Å². The van der Waals surface area contributed by atoms with E-state index in [0.29, 0.717) is 10.2 Å². The molecule has 0 aliphatic rings. The molecule has 0 atom stereocenters. The lowest BCUT2D eigenvalue weighted by Crippen LogP contribution is -2.21. The van der Waals surface area contributed by atoms with Gasteiger partial charge in [-0.05, 0) is 32.8 Å². The summed E-state index contributed by atoms with van der Waals surface area (Å²) in [4.78, 5) is 0. The number of ether oxygens (including phenoxy) is 1. The Balaban J connectivity index is 2.33. The van der Waals surface area contributed by atoms with E-state index in [4.69, 9.17) is 4.74 Å². The van der Waals surface area contributed by atoms with Crippen LogP contribution in [-0.4, -0.2) is 12.5 Å². The second-order valence-electron chi connectivity index (χ2n) is 3.96. The maximum Gasteiger partial charge on any atom is 0.278 e. The van der Waals surface area contributed by atoms with Gasteiger partial charge in [0.25, 0.3) is 5.92 Å². The van der Waals surface area contributed by atoms with Crippen molar-refractivity contribution in [3.05, 3.63) is 40.9 Å². The van der Waals surface area contributed by atoms with Gasteiger partial charge in [0, 0.05) is 6.92 Å². The summed E-state index contributed by atoms with van der Waals surface area (Å²) in [6.45, 7) is 0.214. The Kier molecular flexibility index (Phi) is 3.33. The van der Waals surface area contributed by atoms with Crippen LogP contribution < -0.4 is 4.74 Å². The highest BCUT2D eigenvalue weighted by molar-refractivity contribution is 9.10. The first kappa shape index (κ1) is 12.3. The highest BCUT2D eigenvalue weighted by Crippen LogP contribution is 2.33. The van der Waals surface area contributed by atoms with Crippen LogP contribution in [0.3, 0.4) is 0 Å². The summed E-state index contributed by atoms with van der Waals surface area (Å²) in [6, 6.07) is 11.2. The van der Waals surface area contributed by atoms with Gasteiger partial charge in [-0.25, -0.2) is 8.78 Å². The van der Waals surface area contributed by atoms with Gasteiger partial charge in [0.1, 0.15) is 5.75 Å². The zero-order valence-corrected chi connectivity index (χ0v) is 10.8. The first-order valence-corrected chi connectivity index (χ1v) is 5.94.